The summed E-state index contributed by atoms with van der Waals surface area (Å²) >= 11 is 0. The van der Waals surface area contributed by atoms with Crippen LogP contribution in [0.4, 0.5) is 11.4 Å². The molecule has 3 aliphatic heterocycles. The van der Waals surface area contributed by atoms with Crippen LogP contribution in [0.15, 0.2) is 33.9 Å². The second-order valence-corrected chi connectivity index (χ2v) is 23.3. The zero-order valence-electron chi connectivity index (χ0n) is 52.5. The normalized spacial score (nSPS) is 19.2. The standard InChI is InChI=1S/C61H107N15O10.Gd.H2O/c77-46-45-71-37-38-74(49-55(79)80)39-40-75(50-56(81)82)42-44-76(43-41-71)53(61(85)86)11-6-24-69-58-57(59(83)60(58)84)68-23-4-1-3-22-67-54(78)12-2-5-30-70-32-10-33-73(36-29-66-20-8-19-64-27-34-70)48-52-15-13-51(14-16-52)47-72-31-9-21-63-26-25-62-17-7-18-65-28-35-72;;/h13-16,46,53,62-66,68-69H,1-12,17-45,47-50H2,(H,67,78)(H,79,80)(H,81,82)(H,85,86);;1H2. The molecule has 1 unspecified atom stereocenters. The average Bonchev–Trinajstić information content (AvgIpc) is 1.94. The van der Waals surface area contributed by atoms with Gasteiger partial charge in [0.25, 0.3) is 10.9 Å². The number of anilines is 2. The van der Waals surface area contributed by atoms with Crippen molar-refractivity contribution in [3.8, 4) is 0 Å². The van der Waals surface area contributed by atoms with E-state index in [9.17, 15) is 48.9 Å². The summed E-state index contributed by atoms with van der Waals surface area (Å²) in [5.74, 6) is -3.08. The molecule has 3 aliphatic rings. The van der Waals surface area contributed by atoms with Crippen LogP contribution in [0, 0.1) is 39.9 Å². The second-order valence-electron chi connectivity index (χ2n) is 23.3. The molecule has 502 valence electrons. The zero-order valence-corrected chi connectivity index (χ0v) is 54.7. The van der Waals surface area contributed by atoms with Crippen LogP contribution >= 0.6 is 0 Å². The number of carboxylic acid groups (broad SMARTS) is 3. The fraction of sp³-hybridized carbons (Fsp3) is 0.754. The minimum Gasteiger partial charge on any atom is -0.480 e. The van der Waals surface area contributed by atoms with Crippen molar-refractivity contribution in [1.82, 2.24) is 66.2 Å². The van der Waals surface area contributed by atoms with E-state index in [1.807, 2.05) is 4.90 Å². The Hall–Kier alpha value is -3.75. The Bertz CT molecular complexity index is 2290. The fourth-order valence-electron chi connectivity index (χ4n) is 11.4. The summed E-state index contributed by atoms with van der Waals surface area (Å²) in [6.07, 6.45) is 10.3. The van der Waals surface area contributed by atoms with Crippen molar-refractivity contribution in [2.24, 2.45) is 0 Å². The van der Waals surface area contributed by atoms with Crippen molar-refractivity contribution in [1.29, 1.82) is 0 Å². The van der Waals surface area contributed by atoms with E-state index >= 15 is 0 Å². The number of aliphatic carboxylic acids is 3. The Balaban J connectivity index is 0.0000101. The van der Waals surface area contributed by atoms with Crippen LogP contribution in [-0.2, 0) is 37.1 Å². The van der Waals surface area contributed by atoms with Gasteiger partial charge < -0.3 is 73.0 Å². The summed E-state index contributed by atoms with van der Waals surface area (Å²) < 4.78 is 0. The van der Waals surface area contributed by atoms with E-state index in [0.29, 0.717) is 45.6 Å². The number of hydrogen-bond donors (Lipinski definition) is 11. The van der Waals surface area contributed by atoms with Crippen LogP contribution in [0.25, 0.3) is 0 Å². The third-order valence-corrected chi connectivity index (χ3v) is 16.4. The van der Waals surface area contributed by atoms with E-state index in [1.165, 1.54) is 11.1 Å². The summed E-state index contributed by atoms with van der Waals surface area (Å²) in [4.78, 5) is 100. The number of carbonyl (C=O) groups is 5. The maximum absolute atomic E-state index is 12.8. The first-order valence-electron chi connectivity index (χ1n) is 32.3. The summed E-state index contributed by atoms with van der Waals surface area (Å²) in [6, 6.07) is 8.36. The molecule has 5 rings (SSSR count). The van der Waals surface area contributed by atoms with Crippen molar-refractivity contribution < 1.29 is 84.7 Å². The first kappa shape index (κ1) is 78.5. The molecule has 0 spiro atoms. The van der Waals surface area contributed by atoms with Crippen LogP contribution < -0.4 is 53.4 Å². The van der Waals surface area contributed by atoms with Gasteiger partial charge in [-0.05, 0) is 141 Å². The predicted octanol–water partition coefficient (Wildman–Crippen LogP) is -1.30. The van der Waals surface area contributed by atoms with Gasteiger partial charge >= 0.3 is 17.9 Å². The maximum Gasteiger partial charge on any atom is 0.320 e. The molecule has 26 nitrogen and oxygen atoms in total. The third-order valence-electron chi connectivity index (χ3n) is 16.4. The smallest absolute Gasteiger partial charge is 0.320 e. The zero-order chi connectivity index (χ0) is 61.4. The maximum atomic E-state index is 12.8. The molecule has 3 fully saturated rings. The Morgan fingerprint density at radius 2 is 0.943 bits per heavy atom. The largest absolute Gasteiger partial charge is 0.480 e. The number of unbranched alkanes of at least 4 members (excludes halogenated alkanes) is 3. The third kappa shape index (κ3) is 33.5. The van der Waals surface area contributed by atoms with Gasteiger partial charge in [0, 0.05) is 184 Å². The predicted molar refractivity (Wildman–Crippen MR) is 342 cm³/mol. The second kappa shape index (κ2) is 48.1. The van der Waals surface area contributed by atoms with Crippen molar-refractivity contribution in [2.45, 2.75) is 96.2 Å². The number of rotatable bonds is 29. The van der Waals surface area contributed by atoms with Gasteiger partial charge in [-0.3, -0.25) is 58.2 Å². The Kier molecular flexibility index (Phi) is 42.9. The quantitative estimate of drug-likeness (QED) is 0.0256. The van der Waals surface area contributed by atoms with E-state index < -0.39 is 34.8 Å². The Morgan fingerprint density at radius 3 is 1.48 bits per heavy atom. The molecule has 1 atom stereocenters. The van der Waals surface area contributed by atoms with Gasteiger partial charge in [0.05, 0.1) is 19.6 Å². The monoisotopic (exact) mass is 1390 g/mol. The minimum absolute atomic E-state index is 0. The van der Waals surface area contributed by atoms with E-state index in [2.05, 4.69) is 81.5 Å². The number of hydrogen-bond acceptors (Lipinski definition) is 21. The van der Waals surface area contributed by atoms with E-state index in [-0.39, 0.29) is 128 Å². The van der Waals surface area contributed by atoms with Crippen molar-refractivity contribution in [3.63, 3.8) is 0 Å². The Morgan fingerprint density at radius 1 is 0.489 bits per heavy atom. The number of nitrogens with one attached hydrogen (secondary N) is 8. The molecule has 0 saturated carbocycles. The molecule has 1 amide bonds. The average molecular weight is 1390 g/mol. The molecule has 3 saturated heterocycles. The topological polar surface area (TPSA) is 331 Å². The molecule has 3 heterocycles. The van der Waals surface area contributed by atoms with Crippen LogP contribution in [0.5, 0.6) is 0 Å². The molecule has 0 aromatic heterocycles. The number of carboxylic acids is 3. The molecule has 0 radical (unpaired) electrons. The van der Waals surface area contributed by atoms with Crippen molar-refractivity contribution >= 4 is 41.5 Å². The van der Waals surface area contributed by atoms with Gasteiger partial charge in [0.1, 0.15) is 23.7 Å². The van der Waals surface area contributed by atoms with Gasteiger partial charge in [-0.1, -0.05) is 24.3 Å². The summed E-state index contributed by atoms with van der Waals surface area (Å²) in [5, 5.41) is 56.6. The van der Waals surface area contributed by atoms with Gasteiger partial charge in [-0.15, -0.1) is 0 Å². The van der Waals surface area contributed by atoms with Gasteiger partial charge in [0.15, 0.2) is 0 Å². The van der Waals surface area contributed by atoms with Crippen LogP contribution in [-0.4, -0.2) is 294 Å². The van der Waals surface area contributed by atoms with Gasteiger partial charge in [-0.2, -0.15) is 0 Å². The first-order chi connectivity index (χ1) is 41.9. The van der Waals surface area contributed by atoms with E-state index in [1.54, 1.807) is 14.7 Å². The molecule has 2 aromatic rings. The molecule has 0 bridgehead atoms. The van der Waals surface area contributed by atoms with Crippen molar-refractivity contribution in [3.05, 3.63) is 55.8 Å². The molecule has 2 aromatic carbocycles. The molecule has 27 heteroatoms. The molecular formula is C61H109GdN15O11. The number of carbonyl (C=O) groups excluding carboxylic acids is 2. The van der Waals surface area contributed by atoms with Crippen molar-refractivity contribution in [2.75, 3.05) is 214 Å². The number of benzene rings is 1. The first-order valence-corrected chi connectivity index (χ1v) is 32.3. The van der Waals surface area contributed by atoms with Gasteiger partial charge in [0.2, 0.25) is 5.91 Å². The summed E-state index contributed by atoms with van der Waals surface area (Å²) in [5.41, 5.74) is 1.89. The number of amides is 1. The summed E-state index contributed by atoms with van der Waals surface area (Å²) in [7, 11) is 0. The molecule has 88 heavy (non-hydrogen) atoms. The SMILES string of the molecule is O.O=CCN1CCN(CC(=O)O)CCN(CC(=O)O)CCN(C(CCCNc2c(NCCCCCNC(=O)CCCCN3CCCN(Cc4ccc(CN5CCCNCCNCCCNCC5)cc4)CCNCCCNCC3)c(=O)c2=O)C(=O)O)CC1.[Gd]. The summed E-state index contributed by atoms with van der Waals surface area (Å²) in [6.45, 7) is 22.3. The Labute approximate surface area is 554 Å². The number of nitrogens with zero attached hydrogens (tertiary/aromatic N) is 7. The molecule has 13 N–H and O–H groups in total. The van der Waals surface area contributed by atoms with E-state index in [0.717, 1.165) is 188 Å². The van der Waals surface area contributed by atoms with Crippen LogP contribution in [0.1, 0.15) is 88.2 Å². The van der Waals surface area contributed by atoms with Crippen LogP contribution in [0.3, 0.4) is 0 Å². The minimum atomic E-state index is -1.06. The molecule has 0 aliphatic carbocycles. The van der Waals surface area contributed by atoms with Gasteiger partial charge in [-0.25, -0.2) is 0 Å². The van der Waals surface area contributed by atoms with Crippen LogP contribution in [0.2, 0.25) is 0 Å². The fourth-order valence-corrected chi connectivity index (χ4v) is 11.4. The number of aldehydes is 1. The van der Waals surface area contributed by atoms with E-state index in [4.69, 9.17) is 0 Å². The molecular weight excluding hydrogens is 1280 g/mol.